The maximum absolute atomic E-state index is 13.2. The van der Waals surface area contributed by atoms with Crippen molar-refractivity contribution in [2.24, 2.45) is 10.9 Å². The molecular weight excluding hydrogens is 282 g/mol. The highest BCUT2D eigenvalue weighted by atomic mass is 16.5. The van der Waals surface area contributed by atoms with E-state index < -0.39 is 5.66 Å². The van der Waals surface area contributed by atoms with Crippen LogP contribution < -0.4 is 9.80 Å². The lowest BCUT2D eigenvalue weighted by molar-refractivity contribution is -0.925. The smallest absolute Gasteiger partial charge is 0.231 e. The summed E-state index contributed by atoms with van der Waals surface area (Å²) in [5.41, 5.74) is 0.765. The van der Waals surface area contributed by atoms with Crippen molar-refractivity contribution in [3.63, 3.8) is 0 Å². The quantitative estimate of drug-likeness (QED) is 0.710. The number of benzene rings is 1. The van der Waals surface area contributed by atoms with Crippen molar-refractivity contribution < 1.29 is 14.9 Å². The number of hydroxylamine groups is 2. The number of hydrogen-bond donors (Lipinski definition) is 2. The predicted octanol–water partition coefficient (Wildman–Crippen LogP) is -0.106. The number of hydrogen-bond acceptors (Lipinski definition) is 5. The summed E-state index contributed by atoms with van der Waals surface area (Å²) < 4.78 is 5.78. The molecule has 1 aromatic rings. The van der Waals surface area contributed by atoms with Gasteiger partial charge in [0.2, 0.25) is 5.66 Å². The minimum absolute atomic E-state index is 0.0501. The Labute approximate surface area is 130 Å². The van der Waals surface area contributed by atoms with Gasteiger partial charge in [0.05, 0.1) is 18.1 Å². The van der Waals surface area contributed by atoms with E-state index in [4.69, 9.17) is 9.73 Å². The number of aliphatic hydroxyl groups excluding tert-OH is 1. The van der Waals surface area contributed by atoms with Gasteiger partial charge in [0.1, 0.15) is 18.4 Å². The molecule has 4 unspecified atom stereocenters. The van der Waals surface area contributed by atoms with Crippen LogP contribution in [0.1, 0.15) is 18.1 Å². The van der Waals surface area contributed by atoms with Crippen molar-refractivity contribution in [1.82, 2.24) is 4.90 Å². The number of nitrogens with zero attached hydrogens (tertiary/aromatic N) is 2. The number of amidine groups is 1. The Morgan fingerprint density at radius 1 is 1.50 bits per heavy atom. The summed E-state index contributed by atoms with van der Waals surface area (Å²) in [7, 11) is 3.79. The molecule has 120 valence electrons. The van der Waals surface area contributed by atoms with E-state index in [9.17, 15) is 10.3 Å². The summed E-state index contributed by atoms with van der Waals surface area (Å²) in [5.74, 6) is 1.11. The SMILES string of the molecule is Cc1cccc2c1C1(N=C(N(C)C)C(C)[NH+]1[O-])C(CO)CO2. The number of fused-ring (bicyclic) bond motifs is 2. The average Bonchev–Trinajstić information content (AvgIpc) is 2.74. The minimum Gasteiger partial charge on any atom is -0.632 e. The monoisotopic (exact) mass is 305 g/mol. The van der Waals surface area contributed by atoms with Crippen molar-refractivity contribution in [1.29, 1.82) is 0 Å². The molecule has 2 aliphatic heterocycles. The second-order valence-electron chi connectivity index (χ2n) is 6.36. The van der Waals surface area contributed by atoms with Gasteiger partial charge in [-0.15, -0.1) is 0 Å². The first-order valence-electron chi connectivity index (χ1n) is 7.58. The number of aryl methyl sites for hydroxylation is 1. The summed E-state index contributed by atoms with van der Waals surface area (Å²) in [6.45, 7) is 4.02. The molecule has 22 heavy (non-hydrogen) atoms. The Bertz CT molecular complexity index is 617. The lowest BCUT2D eigenvalue weighted by Gasteiger charge is -2.45. The third kappa shape index (κ3) is 1.87. The molecule has 0 bridgehead atoms. The fourth-order valence-electron chi connectivity index (χ4n) is 3.69. The van der Waals surface area contributed by atoms with E-state index in [0.717, 1.165) is 17.0 Å². The summed E-state index contributed by atoms with van der Waals surface area (Å²) in [5, 5.41) is 23.1. The maximum Gasteiger partial charge on any atom is 0.231 e. The van der Waals surface area contributed by atoms with Gasteiger partial charge in [0, 0.05) is 14.1 Å². The number of ether oxygens (including phenoxy) is 1. The summed E-state index contributed by atoms with van der Waals surface area (Å²) in [6, 6.07) is 5.47. The van der Waals surface area contributed by atoms with Gasteiger partial charge in [-0.1, -0.05) is 12.1 Å². The van der Waals surface area contributed by atoms with E-state index >= 15 is 0 Å². The Morgan fingerprint density at radius 2 is 2.23 bits per heavy atom. The predicted molar refractivity (Wildman–Crippen MR) is 83.8 cm³/mol. The van der Waals surface area contributed by atoms with Crippen LogP contribution in [0.4, 0.5) is 0 Å². The van der Waals surface area contributed by atoms with Gasteiger partial charge in [0.25, 0.3) is 0 Å². The van der Waals surface area contributed by atoms with Crippen molar-refractivity contribution in [2.75, 3.05) is 27.3 Å². The molecule has 0 radical (unpaired) electrons. The Balaban J connectivity index is 2.27. The molecule has 6 heteroatoms. The van der Waals surface area contributed by atoms with Crippen LogP contribution in [0.2, 0.25) is 0 Å². The zero-order chi connectivity index (χ0) is 16.1. The molecule has 3 rings (SSSR count). The second kappa shape index (κ2) is 5.22. The van der Waals surface area contributed by atoms with Crippen LogP contribution in [0.5, 0.6) is 5.75 Å². The van der Waals surface area contributed by atoms with Crippen LogP contribution in [-0.2, 0) is 5.66 Å². The highest BCUT2D eigenvalue weighted by molar-refractivity contribution is 5.87. The third-order valence-corrected chi connectivity index (χ3v) is 4.77. The fourth-order valence-corrected chi connectivity index (χ4v) is 3.69. The van der Waals surface area contributed by atoms with E-state index in [-0.39, 0.29) is 23.6 Å². The van der Waals surface area contributed by atoms with Crippen LogP contribution in [0, 0.1) is 18.0 Å². The number of aliphatic imine (C=N–C) groups is 1. The highest BCUT2D eigenvalue weighted by Crippen LogP contribution is 2.43. The Kier molecular flexibility index (Phi) is 3.63. The van der Waals surface area contributed by atoms with Gasteiger partial charge in [-0.05, 0) is 25.5 Å². The number of quaternary nitrogens is 1. The van der Waals surface area contributed by atoms with Gasteiger partial charge < -0.3 is 25.0 Å². The zero-order valence-corrected chi connectivity index (χ0v) is 13.5. The molecule has 2 N–H and O–H groups in total. The largest absolute Gasteiger partial charge is 0.632 e. The first kappa shape index (κ1) is 15.3. The normalized spacial score (nSPS) is 33.4. The van der Waals surface area contributed by atoms with Crippen LogP contribution >= 0.6 is 0 Å². The highest BCUT2D eigenvalue weighted by Gasteiger charge is 2.58. The summed E-state index contributed by atoms with van der Waals surface area (Å²) >= 11 is 0. The van der Waals surface area contributed by atoms with E-state index in [1.807, 2.05) is 51.0 Å². The Hall–Kier alpha value is -1.63. The molecule has 0 aromatic heterocycles. The molecule has 2 aliphatic rings. The summed E-state index contributed by atoms with van der Waals surface area (Å²) in [6.07, 6.45) is 0. The van der Waals surface area contributed by atoms with Crippen LogP contribution in [-0.4, -0.2) is 49.2 Å². The third-order valence-electron chi connectivity index (χ3n) is 4.77. The average molecular weight is 305 g/mol. The molecular formula is C16H23N3O3. The first-order valence-corrected chi connectivity index (χ1v) is 7.58. The molecule has 6 nitrogen and oxygen atoms in total. The number of rotatable bonds is 1. The molecule has 4 atom stereocenters. The van der Waals surface area contributed by atoms with Gasteiger partial charge in [-0.25, -0.2) is 0 Å². The molecule has 1 aromatic carbocycles. The molecule has 0 fully saturated rings. The fraction of sp³-hybridized carbons (Fsp3) is 0.562. The van der Waals surface area contributed by atoms with Crippen molar-refractivity contribution >= 4 is 5.84 Å². The van der Waals surface area contributed by atoms with E-state index in [0.29, 0.717) is 12.4 Å². The van der Waals surface area contributed by atoms with E-state index in [1.54, 1.807) is 0 Å². The second-order valence-corrected chi connectivity index (χ2v) is 6.36. The first-order chi connectivity index (χ1) is 10.4. The van der Waals surface area contributed by atoms with Gasteiger partial charge >= 0.3 is 0 Å². The summed E-state index contributed by atoms with van der Waals surface area (Å²) in [4.78, 5) is 6.74. The Morgan fingerprint density at radius 3 is 2.82 bits per heavy atom. The minimum atomic E-state index is -1.02. The molecule has 2 heterocycles. The van der Waals surface area contributed by atoms with Crippen LogP contribution in [0.3, 0.4) is 0 Å². The van der Waals surface area contributed by atoms with Gasteiger partial charge in [0.15, 0.2) is 5.84 Å². The van der Waals surface area contributed by atoms with Crippen molar-refractivity contribution in [3.05, 3.63) is 34.5 Å². The van der Waals surface area contributed by atoms with Crippen molar-refractivity contribution in [2.45, 2.75) is 25.6 Å². The lowest BCUT2D eigenvalue weighted by atomic mass is 9.82. The van der Waals surface area contributed by atoms with Crippen molar-refractivity contribution in [3.8, 4) is 5.75 Å². The van der Waals surface area contributed by atoms with E-state index in [1.165, 1.54) is 0 Å². The molecule has 0 amide bonds. The number of likely N-dealkylation sites (N-methyl/N-ethyl adjacent to an activating group) is 1. The zero-order valence-electron chi connectivity index (χ0n) is 13.5. The van der Waals surface area contributed by atoms with Gasteiger partial charge in [-0.3, -0.25) is 0 Å². The van der Waals surface area contributed by atoms with E-state index in [2.05, 4.69) is 0 Å². The topological polar surface area (TPSA) is 72.6 Å². The lowest BCUT2D eigenvalue weighted by Crippen LogP contribution is -3.17. The number of aliphatic hydroxyl groups is 1. The molecule has 0 aliphatic carbocycles. The van der Waals surface area contributed by atoms with Crippen LogP contribution in [0.25, 0.3) is 0 Å². The maximum atomic E-state index is 13.2. The molecule has 0 saturated heterocycles. The number of nitrogens with one attached hydrogen (secondary N) is 1. The molecule has 1 spiro atoms. The standard InChI is InChI=1S/C16H23N3O3/c1-10-6-5-7-13-14(10)16(12(8-20)9-22-13)17-15(18(3)4)11(2)19(16)21/h5-7,11-12,19-20H,8-9H2,1-4H3. The van der Waals surface area contributed by atoms with Gasteiger partial charge in [-0.2, -0.15) is 4.99 Å². The molecule has 0 saturated carbocycles. The van der Waals surface area contributed by atoms with Crippen LogP contribution in [0.15, 0.2) is 23.2 Å².